The van der Waals surface area contributed by atoms with Crippen LogP contribution in [0.5, 0.6) is 0 Å². The standard InChI is InChI=1S/C12H18N2S/c1-9(2)8-11(14-13)10-6-4-5-7-12(10)15-3/h4-8,11,14H,13H2,1-3H3. The SMILES string of the molecule is CSc1ccccc1C(C=C(C)C)NN. The number of hydrogen-bond donors (Lipinski definition) is 2. The summed E-state index contributed by atoms with van der Waals surface area (Å²) in [6.07, 6.45) is 4.21. The van der Waals surface area contributed by atoms with Crippen molar-refractivity contribution in [1.29, 1.82) is 0 Å². The van der Waals surface area contributed by atoms with Crippen molar-refractivity contribution in [2.24, 2.45) is 5.84 Å². The van der Waals surface area contributed by atoms with Gasteiger partial charge in [-0.05, 0) is 31.7 Å². The molecule has 3 heteroatoms. The zero-order chi connectivity index (χ0) is 11.3. The molecule has 0 spiro atoms. The maximum absolute atomic E-state index is 5.57. The zero-order valence-corrected chi connectivity index (χ0v) is 10.3. The number of nitrogens with two attached hydrogens (primary N) is 1. The molecule has 3 N–H and O–H groups in total. The highest BCUT2D eigenvalue weighted by Crippen LogP contribution is 2.26. The van der Waals surface area contributed by atoms with E-state index in [-0.39, 0.29) is 6.04 Å². The van der Waals surface area contributed by atoms with Crippen LogP contribution in [0.3, 0.4) is 0 Å². The van der Waals surface area contributed by atoms with Gasteiger partial charge in [-0.1, -0.05) is 29.8 Å². The fraction of sp³-hybridized carbons (Fsp3) is 0.333. The quantitative estimate of drug-likeness (QED) is 0.356. The van der Waals surface area contributed by atoms with Gasteiger partial charge in [-0.15, -0.1) is 11.8 Å². The Bertz CT molecular complexity index is 343. The third-order valence-electron chi connectivity index (χ3n) is 2.15. The van der Waals surface area contributed by atoms with E-state index >= 15 is 0 Å². The molecule has 1 rings (SSSR count). The Balaban J connectivity index is 3.06. The number of hydrazine groups is 1. The van der Waals surface area contributed by atoms with E-state index in [0.29, 0.717) is 0 Å². The van der Waals surface area contributed by atoms with Crippen LogP contribution < -0.4 is 11.3 Å². The van der Waals surface area contributed by atoms with Crippen molar-refractivity contribution in [3.63, 3.8) is 0 Å². The number of benzene rings is 1. The first-order chi connectivity index (χ1) is 7.19. The van der Waals surface area contributed by atoms with Crippen molar-refractivity contribution in [2.75, 3.05) is 6.26 Å². The molecule has 0 fully saturated rings. The van der Waals surface area contributed by atoms with Crippen molar-refractivity contribution in [3.05, 3.63) is 41.5 Å². The van der Waals surface area contributed by atoms with Gasteiger partial charge in [0.15, 0.2) is 0 Å². The fourth-order valence-electron chi connectivity index (χ4n) is 1.48. The molecule has 0 aromatic heterocycles. The molecule has 0 saturated heterocycles. The molecule has 1 atom stereocenters. The van der Waals surface area contributed by atoms with Crippen LogP contribution in [0.25, 0.3) is 0 Å². The van der Waals surface area contributed by atoms with E-state index in [1.165, 1.54) is 16.0 Å². The van der Waals surface area contributed by atoms with Gasteiger partial charge in [-0.2, -0.15) is 0 Å². The van der Waals surface area contributed by atoms with Gasteiger partial charge >= 0.3 is 0 Å². The van der Waals surface area contributed by atoms with Gasteiger partial charge in [0.25, 0.3) is 0 Å². The largest absolute Gasteiger partial charge is 0.271 e. The molecule has 0 bridgehead atoms. The summed E-state index contributed by atoms with van der Waals surface area (Å²) in [5.74, 6) is 5.57. The minimum Gasteiger partial charge on any atom is -0.271 e. The van der Waals surface area contributed by atoms with Crippen LogP contribution in [0.15, 0.2) is 40.8 Å². The van der Waals surface area contributed by atoms with E-state index in [1.54, 1.807) is 11.8 Å². The van der Waals surface area contributed by atoms with Crippen LogP contribution in [0.1, 0.15) is 25.5 Å². The average molecular weight is 222 g/mol. The lowest BCUT2D eigenvalue weighted by Crippen LogP contribution is -2.27. The minimum absolute atomic E-state index is 0.0960. The van der Waals surface area contributed by atoms with Gasteiger partial charge in [0.1, 0.15) is 0 Å². The first-order valence-corrected chi connectivity index (χ1v) is 6.15. The summed E-state index contributed by atoms with van der Waals surface area (Å²) in [6.45, 7) is 4.15. The summed E-state index contributed by atoms with van der Waals surface area (Å²) < 4.78 is 0. The van der Waals surface area contributed by atoms with Gasteiger partial charge in [-0.3, -0.25) is 5.84 Å². The first-order valence-electron chi connectivity index (χ1n) is 4.93. The summed E-state index contributed by atoms with van der Waals surface area (Å²) in [4.78, 5) is 1.26. The minimum atomic E-state index is 0.0960. The van der Waals surface area contributed by atoms with Gasteiger partial charge in [0.05, 0.1) is 6.04 Å². The summed E-state index contributed by atoms with van der Waals surface area (Å²) in [6, 6.07) is 8.40. The predicted octanol–water partition coefficient (Wildman–Crippen LogP) is 2.88. The predicted molar refractivity (Wildman–Crippen MR) is 67.7 cm³/mol. The van der Waals surface area contributed by atoms with Gasteiger partial charge in [-0.25, -0.2) is 5.43 Å². The van der Waals surface area contributed by atoms with E-state index < -0.39 is 0 Å². The Kier molecular flexibility index (Phi) is 4.88. The number of hydrogen-bond acceptors (Lipinski definition) is 3. The Hall–Kier alpha value is -0.770. The highest BCUT2D eigenvalue weighted by atomic mass is 32.2. The normalized spacial score (nSPS) is 12.3. The lowest BCUT2D eigenvalue weighted by atomic mass is 10.1. The third-order valence-corrected chi connectivity index (χ3v) is 2.97. The van der Waals surface area contributed by atoms with E-state index in [9.17, 15) is 0 Å². The molecular weight excluding hydrogens is 204 g/mol. The van der Waals surface area contributed by atoms with Crippen LogP contribution in [0.2, 0.25) is 0 Å². The smallest absolute Gasteiger partial charge is 0.0654 e. The lowest BCUT2D eigenvalue weighted by Gasteiger charge is -2.16. The third kappa shape index (κ3) is 3.38. The molecule has 0 heterocycles. The van der Waals surface area contributed by atoms with Crippen molar-refractivity contribution in [2.45, 2.75) is 24.8 Å². The molecule has 15 heavy (non-hydrogen) atoms. The van der Waals surface area contributed by atoms with Gasteiger partial charge in [0, 0.05) is 4.90 Å². The molecule has 0 aliphatic carbocycles. The Morgan fingerprint density at radius 3 is 2.60 bits per heavy atom. The molecule has 1 unspecified atom stereocenters. The Labute approximate surface area is 95.9 Å². The molecule has 1 aromatic carbocycles. The summed E-state index contributed by atoms with van der Waals surface area (Å²) in [5.41, 5.74) is 5.32. The molecule has 2 nitrogen and oxygen atoms in total. The molecule has 82 valence electrons. The molecule has 0 amide bonds. The zero-order valence-electron chi connectivity index (χ0n) is 9.45. The number of rotatable bonds is 4. The highest BCUT2D eigenvalue weighted by Gasteiger charge is 2.09. The van der Waals surface area contributed by atoms with Crippen molar-refractivity contribution in [1.82, 2.24) is 5.43 Å². The summed E-state index contributed by atoms with van der Waals surface area (Å²) in [5, 5.41) is 0. The molecular formula is C12H18N2S. The van der Waals surface area contributed by atoms with E-state index in [4.69, 9.17) is 5.84 Å². The molecule has 1 aromatic rings. The Morgan fingerprint density at radius 2 is 2.07 bits per heavy atom. The second-order valence-electron chi connectivity index (χ2n) is 3.63. The van der Waals surface area contributed by atoms with Crippen LogP contribution >= 0.6 is 11.8 Å². The molecule has 0 aliphatic rings. The second kappa shape index (κ2) is 5.95. The number of nitrogens with one attached hydrogen (secondary N) is 1. The van der Waals surface area contributed by atoms with Crippen molar-refractivity contribution >= 4 is 11.8 Å². The molecule has 0 saturated carbocycles. The molecule has 0 aliphatic heterocycles. The van der Waals surface area contributed by atoms with Gasteiger partial charge in [0.2, 0.25) is 0 Å². The number of allylic oxidation sites excluding steroid dienone is 1. The topological polar surface area (TPSA) is 38.0 Å². The highest BCUT2D eigenvalue weighted by molar-refractivity contribution is 7.98. The van der Waals surface area contributed by atoms with E-state index in [2.05, 4.69) is 43.7 Å². The molecule has 0 radical (unpaired) electrons. The van der Waals surface area contributed by atoms with Crippen LogP contribution in [-0.2, 0) is 0 Å². The van der Waals surface area contributed by atoms with Crippen LogP contribution in [-0.4, -0.2) is 6.26 Å². The van der Waals surface area contributed by atoms with Crippen LogP contribution in [0.4, 0.5) is 0 Å². The Morgan fingerprint density at radius 1 is 1.40 bits per heavy atom. The van der Waals surface area contributed by atoms with Gasteiger partial charge < -0.3 is 0 Å². The monoisotopic (exact) mass is 222 g/mol. The lowest BCUT2D eigenvalue weighted by molar-refractivity contribution is 0.642. The van der Waals surface area contributed by atoms with Crippen molar-refractivity contribution in [3.8, 4) is 0 Å². The second-order valence-corrected chi connectivity index (χ2v) is 4.48. The van der Waals surface area contributed by atoms with Crippen LogP contribution in [0, 0.1) is 0 Å². The maximum Gasteiger partial charge on any atom is 0.0654 e. The average Bonchev–Trinajstić information content (AvgIpc) is 2.25. The van der Waals surface area contributed by atoms with E-state index in [0.717, 1.165) is 0 Å². The van der Waals surface area contributed by atoms with E-state index in [1.807, 2.05) is 12.1 Å². The summed E-state index contributed by atoms with van der Waals surface area (Å²) >= 11 is 1.74. The fourth-order valence-corrected chi connectivity index (χ4v) is 2.13. The first kappa shape index (κ1) is 12.3. The van der Waals surface area contributed by atoms with Crippen molar-refractivity contribution < 1.29 is 0 Å². The summed E-state index contributed by atoms with van der Waals surface area (Å²) in [7, 11) is 0. The number of thioether (sulfide) groups is 1. The maximum atomic E-state index is 5.57.